The van der Waals surface area contributed by atoms with Gasteiger partial charge in [0.1, 0.15) is 5.54 Å². The Bertz CT molecular complexity index is 447. The molecule has 0 heterocycles. The molecular weight excluding hydrogens is 258 g/mol. The van der Waals surface area contributed by atoms with Gasteiger partial charge in [0.05, 0.1) is 6.07 Å². The third kappa shape index (κ3) is 5.15. The fourth-order valence-corrected chi connectivity index (χ4v) is 2.73. The second kappa shape index (κ2) is 8.17. The van der Waals surface area contributed by atoms with E-state index in [0.717, 1.165) is 18.7 Å². The van der Waals surface area contributed by atoms with Gasteiger partial charge in [0, 0.05) is 19.1 Å². The molecule has 21 heavy (non-hydrogen) atoms. The van der Waals surface area contributed by atoms with Gasteiger partial charge in [0.2, 0.25) is 0 Å². The summed E-state index contributed by atoms with van der Waals surface area (Å²) in [4.78, 5) is 2.36. The first kappa shape index (κ1) is 17.7. The molecule has 0 radical (unpaired) electrons. The van der Waals surface area contributed by atoms with E-state index in [2.05, 4.69) is 50.9 Å². The van der Waals surface area contributed by atoms with Crippen molar-refractivity contribution in [1.29, 1.82) is 5.26 Å². The summed E-state index contributed by atoms with van der Waals surface area (Å²) in [7, 11) is 0. The summed E-state index contributed by atoms with van der Waals surface area (Å²) in [6.07, 6.45) is 0. The maximum Gasteiger partial charge on any atom is 0.145 e. The maximum absolute atomic E-state index is 9.92. The number of nitriles is 1. The summed E-state index contributed by atoms with van der Waals surface area (Å²) in [6, 6.07) is 12.9. The Hall–Kier alpha value is -1.37. The van der Waals surface area contributed by atoms with Crippen LogP contribution >= 0.6 is 0 Å². The van der Waals surface area contributed by atoms with Crippen LogP contribution in [0.4, 0.5) is 0 Å². The minimum atomic E-state index is -0.652. The Morgan fingerprint density at radius 3 is 2.24 bits per heavy atom. The highest BCUT2D eigenvalue weighted by Crippen LogP contribution is 2.23. The number of hydrogen-bond donors (Lipinski definition) is 1. The maximum atomic E-state index is 9.92. The van der Waals surface area contributed by atoms with Gasteiger partial charge in [-0.3, -0.25) is 5.32 Å². The molecule has 0 saturated heterocycles. The number of rotatable bonds is 8. The molecule has 0 aliphatic rings. The molecular formula is C18H29N3. The van der Waals surface area contributed by atoms with Crippen molar-refractivity contribution < 1.29 is 0 Å². The summed E-state index contributed by atoms with van der Waals surface area (Å²) in [5, 5.41) is 13.4. The van der Waals surface area contributed by atoms with Crippen LogP contribution < -0.4 is 5.32 Å². The Labute approximate surface area is 130 Å². The normalized spacial score (nSPS) is 14.4. The minimum Gasteiger partial charge on any atom is -0.300 e. The van der Waals surface area contributed by atoms with E-state index in [0.29, 0.717) is 12.5 Å². The zero-order chi connectivity index (χ0) is 15.9. The summed E-state index contributed by atoms with van der Waals surface area (Å²) in [6.45, 7) is 13.4. The Balaban J connectivity index is 3.09. The van der Waals surface area contributed by atoms with Crippen molar-refractivity contribution in [2.24, 2.45) is 5.92 Å². The molecule has 1 atom stereocenters. The van der Waals surface area contributed by atoms with Gasteiger partial charge < -0.3 is 4.90 Å². The second-order valence-electron chi connectivity index (χ2n) is 6.40. The van der Waals surface area contributed by atoms with Crippen molar-refractivity contribution in [3.63, 3.8) is 0 Å². The average molecular weight is 287 g/mol. The number of likely N-dealkylation sites (N-methyl/N-ethyl adjacent to an activating group) is 1. The van der Waals surface area contributed by atoms with Crippen LogP contribution in [0.25, 0.3) is 0 Å². The first-order valence-corrected chi connectivity index (χ1v) is 7.90. The smallest absolute Gasteiger partial charge is 0.145 e. The van der Waals surface area contributed by atoms with E-state index in [-0.39, 0.29) is 6.04 Å². The highest BCUT2D eigenvalue weighted by atomic mass is 15.2. The zero-order valence-electron chi connectivity index (χ0n) is 14.1. The molecule has 1 rings (SSSR count). The van der Waals surface area contributed by atoms with Crippen molar-refractivity contribution in [1.82, 2.24) is 10.2 Å². The van der Waals surface area contributed by atoms with Gasteiger partial charge in [-0.2, -0.15) is 5.26 Å². The van der Waals surface area contributed by atoms with E-state index in [1.165, 1.54) is 0 Å². The van der Waals surface area contributed by atoms with E-state index >= 15 is 0 Å². The molecule has 116 valence electrons. The molecule has 1 N–H and O–H groups in total. The predicted molar refractivity (Wildman–Crippen MR) is 89.0 cm³/mol. The molecule has 0 aliphatic carbocycles. The van der Waals surface area contributed by atoms with Crippen molar-refractivity contribution in [3.8, 4) is 6.07 Å². The monoisotopic (exact) mass is 287 g/mol. The molecule has 0 aliphatic heterocycles. The Morgan fingerprint density at radius 1 is 1.19 bits per heavy atom. The van der Waals surface area contributed by atoms with Crippen molar-refractivity contribution in [2.45, 2.75) is 46.2 Å². The molecule has 3 heteroatoms. The van der Waals surface area contributed by atoms with Gasteiger partial charge in [0.15, 0.2) is 0 Å². The molecule has 3 nitrogen and oxygen atoms in total. The third-order valence-electron chi connectivity index (χ3n) is 3.52. The second-order valence-corrected chi connectivity index (χ2v) is 6.40. The standard InChI is InChI=1S/C18H29N3/c1-6-21(12-15(2)3)14-18(13-19,20-16(4)5)17-10-8-7-9-11-17/h7-11,15-16,20H,6,12,14H2,1-5H3. The predicted octanol–water partition coefficient (Wildman–Crippen LogP) is 3.38. The lowest BCUT2D eigenvalue weighted by atomic mass is 9.89. The lowest BCUT2D eigenvalue weighted by Crippen LogP contribution is -2.53. The van der Waals surface area contributed by atoms with Crippen LogP contribution in [-0.2, 0) is 5.54 Å². The summed E-state index contributed by atoms with van der Waals surface area (Å²) in [5.41, 5.74) is 0.392. The summed E-state index contributed by atoms with van der Waals surface area (Å²) < 4.78 is 0. The van der Waals surface area contributed by atoms with Crippen molar-refractivity contribution in [2.75, 3.05) is 19.6 Å². The van der Waals surface area contributed by atoms with E-state index < -0.39 is 5.54 Å². The molecule has 1 aromatic carbocycles. The van der Waals surface area contributed by atoms with Crippen molar-refractivity contribution >= 4 is 0 Å². The number of hydrogen-bond acceptors (Lipinski definition) is 3. The van der Waals surface area contributed by atoms with Crippen LogP contribution in [0.15, 0.2) is 30.3 Å². The number of nitrogens with one attached hydrogen (secondary N) is 1. The molecule has 0 bridgehead atoms. The number of nitrogens with zero attached hydrogens (tertiary/aromatic N) is 2. The van der Waals surface area contributed by atoms with Crippen molar-refractivity contribution in [3.05, 3.63) is 35.9 Å². The fraction of sp³-hybridized carbons (Fsp3) is 0.611. The van der Waals surface area contributed by atoms with Crippen LogP contribution in [0.3, 0.4) is 0 Å². The first-order valence-electron chi connectivity index (χ1n) is 7.90. The molecule has 0 fully saturated rings. The Kier molecular flexibility index (Phi) is 6.87. The quantitative estimate of drug-likeness (QED) is 0.796. The highest BCUT2D eigenvalue weighted by molar-refractivity contribution is 5.32. The van der Waals surface area contributed by atoms with Crippen LogP contribution in [0.1, 0.15) is 40.2 Å². The van der Waals surface area contributed by atoms with Gasteiger partial charge >= 0.3 is 0 Å². The zero-order valence-corrected chi connectivity index (χ0v) is 14.1. The van der Waals surface area contributed by atoms with Crippen LogP contribution in [0, 0.1) is 17.2 Å². The van der Waals surface area contributed by atoms with E-state index in [1.807, 2.05) is 30.3 Å². The van der Waals surface area contributed by atoms with Gasteiger partial charge in [-0.15, -0.1) is 0 Å². The highest BCUT2D eigenvalue weighted by Gasteiger charge is 2.34. The van der Waals surface area contributed by atoms with Gasteiger partial charge in [-0.1, -0.05) is 51.1 Å². The lowest BCUT2D eigenvalue weighted by molar-refractivity contribution is 0.194. The van der Waals surface area contributed by atoms with Crippen LogP contribution in [0.2, 0.25) is 0 Å². The Morgan fingerprint density at radius 2 is 1.81 bits per heavy atom. The molecule has 1 aromatic rings. The van der Waals surface area contributed by atoms with E-state index in [9.17, 15) is 5.26 Å². The lowest BCUT2D eigenvalue weighted by Gasteiger charge is -2.36. The first-order chi connectivity index (χ1) is 9.93. The van der Waals surface area contributed by atoms with E-state index in [1.54, 1.807) is 0 Å². The van der Waals surface area contributed by atoms with Crippen LogP contribution in [-0.4, -0.2) is 30.6 Å². The third-order valence-corrected chi connectivity index (χ3v) is 3.52. The summed E-state index contributed by atoms with van der Waals surface area (Å²) in [5.74, 6) is 0.594. The average Bonchev–Trinajstić information content (AvgIpc) is 2.45. The molecule has 1 unspecified atom stereocenters. The van der Waals surface area contributed by atoms with E-state index in [4.69, 9.17) is 0 Å². The molecule has 0 spiro atoms. The molecule has 0 aromatic heterocycles. The number of benzene rings is 1. The SMILES string of the molecule is CCN(CC(C)C)CC(C#N)(NC(C)C)c1ccccc1. The van der Waals surface area contributed by atoms with Gasteiger partial charge in [-0.25, -0.2) is 0 Å². The van der Waals surface area contributed by atoms with Gasteiger partial charge in [-0.05, 0) is 31.9 Å². The summed E-state index contributed by atoms with van der Waals surface area (Å²) >= 11 is 0. The van der Waals surface area contributed by atoms with Gasteiger partial charge in [0.25, 0.3) is 0 Å². The minimum absolute atomic E-state index is 0.252. The topological polar surface area (TPSA) is 39.1 Å². The molecule has 0 amide bonds. The fourth-order valence-electron chi connectivity index (χ4n) is 2.73. The van der Waals surface area contributed by atoms with Crippen LogP contribution in [0.5, 0.6) is 0 Å². The molecule has 0 saturated carbocycles. The largest absolute Gasteiger partial charge is 0.300 e.